The van der Waals surface area contributed by atoms with Gasteiger partial charge in [-0.25, -0.2) is 0 Å². The molecule has 0 bridgehead atoms. The van der Waals surface area contributed by atoms with Crippen molar-refractivity contribution in [2.45, 2.75) is 69.9 Å². The molecule has 2 atom stereocenters. The molecule has 1 heterocycles. The Morgan fingerprint density at radius 3 is 2.31 bits per heavy atom. The molecule has 2 unspecified atom stereocenters. The standard InChI is InChI=1S/C14H27NO/c1-14(10-7-11-16-14)13(15-2)12-8-5-3-4-6-9-12/h12-13,15H,3-11H2,1-2H3. The zero-order chi connectivity index (χ0) is 11.4. The Hall–Kier alpha value is -0.0800. The fourth-order valence-electron chi connectivity index (χ4n) is 3.73. The Morgan fingerprint density at radius 2 is 1.81 bits per heavy atom. The predicted octanol–water partition coefficient (Wildman–Crippen LogP) is 3.11. The molecule has 0 aromatic carbocycles. The number of rotatable bonds is 3. The quantitative estimate of drug-likeness (QED) is 0.745. The van der Waals surface area contributed by atoms with Gasteiger partial charge in [0.25, 0.3) is 0 Å². The van der Waals surface area contributed by atoms with E-state index in [9.17, 15) is 0 Å². The molecular weight excluding hydrogens is 198 g/mol. The number of hydrogen-bond donors (Lipinski definition) is 1. The third kappa shape index (κ3) is 2.60. The Labute approximate surface area is 100 Å². The number of hydrogen-bond acceptors (Lipinski definition) is 2. The maximum Gasteiger partial charge on any atom is 0.0810 e. The summed E-state index contributed by atoms with van der Waals surface area (Å²) in [6.45, 7) is 3.27. The summed E-state index contributed by atoms with van der Waals surface area (Å²) in [4.78, 5) is 0. The predicted molar refractivity (Wildman–Crippen MR) is 67.6 cm³/mol. The molecule has 0 aromatic rings. The van der Waals surface area contributed by atoms with Crippen LogP contribution in [0.1, 0.15) is 58.3 Å². The Morgan fingerprint density at radius 1 is 1.12 bits per heavy atom. The van der Waals surface area contributed by atoms with Crippen molar-refractivity contribution in [3.05, 3.63) is 0 Å². The molecule has 0 radical (unpaired) electrons. The van der Waals surface area contributed by atoms with Crippen LogP contribution in [0.25, 0.3) is 0 Å². The first-order valence-electron chi connectivity index (χ1n) is 7.07. The van der Waals surface area contributed by atoms with E-state index in [2.05, 4.69) is 19.3 Å². The van der Waals surface area contributed by atoms with Crippen LogP contribution in [0.5, 0.6) is 0 Å². The first-order valence-corrected chi connectivity index (χ1v) is 7.07. The van der Waals surface area contributed by atoms with E-state index >= 15 is 0 Å². The van der Waals surface area contributed by atoms with E-state index in [1.807, 2.05) is 0 Å². The van der Waals surface area contributed by atoms with Gasteiger partial charge in [-0.1, -0.05) is 25.7 Å². The molecule has 2 heteroatoms. The lowest BCUT2D eigenvalue weighted by Gasteiger charge is -2.38. The monoisotopic (exact) mass is 225 g/mol. The highest BCUT2D eigenvalue weighted by Crippen LogP contribution is 2.36. The van der Waals surface area contributed by atoms with Gasteiger partial charge >= 0.3 is 0 Å². The second kappa shape index (κ2) is 5.50. The lowest BCUT2D eigenvalue weighted by Crippen LogP contribution is -2.51. The molecule has 16 heavy (non-hydrogen) atoms. The summed E-state index contributed by atoms with van der Waals surface area (Å²) in [6, 6.07) is 0.563. The SMILES string of the molecule is CNC(C1CCCCCC1)C1(C)CCCO1. The van der Waals surface area contributed by atoms with E-state index in [4.69, 9.17) is 4.74 Å². The minimum atomic E-state index is 0.101. The topological polar surface area (TPSA) is 21.3 Å². The van der Waals surface area contributed by atoms with Crippen LogP contribution in [0.15, 0.2) is 0 Å². The van der Waals surface area contributed by atoms with Crippen molar-refractivity contribution in [3.8, 4) is 0 Å². The molecule has 1 N–H and O–H groups in total. The van der Waals surface area contributed by atoms with Gasteiger partial charge in [-0.15, -0.1) is 0 Å². The molecule has 1 aliphatic heterocycles. The lowest BCUT2D eigenvalue weighted by molar-refractivity contribution is -0.0286. The van der Waals surface area contributed by atoms with E-state index in [0.29, 0.717) is 6.04 Å². The van der Waals surface area contributed by atoms with Crippen LogP contribution in [-0.4, -0.2) is 25.3 Å². The number of ether oxygens (including phenoxy) is 1. The highest BCUT2D eigenvalue weighted by atomic mass is 16.5. The van der Waals surface area contributed by atoms with E-state index in [-0.39, 0.29) is 5.60 Å². The third-order valence-electron chi connectivity index (χ3n) is 4.59. The van der Waals surface area contributed by atoms with Crippen molar-refractivity contribution in [1.29, 1.82) is 0 Å². The van der Waals surface area contributed by atoms with Crippen molar-refractivity contribution in [2.75, 3.05) is 13.7 Å². The minimum absolute atomic E-state index is 0.101. The van der Waals surface area contributed by atoms with Gasteiger partial charge in [-0.05, 0) is 45.6 Å². The maximum atomic E-state index is 6.03. The number of nitrogens with one attached hydrogen (secondary N) is 1. The Balaban J connectivity index is 2.02. The highest BCUT2D eigenvalue weighted by molar-refractivity contribution is 4.96. The van der Waals surface area contributed by atoms with E-state index in [0.717, 1.165) is 12.5 Å². The fourth-order valence-corrected chi connectivity index (χ4v) is 3.73. The highest BCUT2D eigenvalue weighted by Gasteiger charge is 2.41. The molecule has 2 nitrogen and oxygen atoms in total. The molecule has 1 aliphatic carbocycles. The number of likely N-dealkylation sites (N-methyl/N-ethyl adjacent to an activating group) is 1. The molecule has 2 aliphatic rings. The van der Waals surface area contributed by atoms with Crippen molar-refractivity contribution in [3.63, 3.8) is 0 Å². The van der Waals surface area contributed by atoms with Crippen LogP contribution in [0.3, 0.4) is 0 Å². The molecule has 2 fully saturated rings. The summed E-state index contributed by atoms with van der Waals surface area (Å²) >= 11 is 0. The zero-order valence-electron chi connectivity index (χ0n) is 10.9. The molecule has 1 saturated heterocycles. The summed E-state index contributed by atoms with van der Waals surface area (Å²) in [5, 5.41) is 3.56. The van der Waals surface area contributed by atoms with Gasteiger partial charge in [0.1, 0.15) is 0 Å². The summed E-state index contributed by atoms with van der Waals surface area (Å²) in [6.07, 6.45) is 11.0. The molecule has 0 amide bonds. The van der Waals surface area contributed by atoms with Crippen LogP contribution in [0.4, 0.5) is 0 Å². The van der Waals surface area contributed by atoms with E-state index < -0.39 is 0 Å². The van der Waals surface area contributed by atoms with Gasteiger partial charge in [0, 0.05) is 12.6 Å². The van der Waals surface area contributed by atoms with Crippen LogP contribution in [0, 0.1) is 5.92 Å². The van der Waals surface area contributed by atoms with Gasteiger partial charge < -0.3 is 10.1 Å². The van der Waals surface area contributed by atoms with Gasteiger partial charge in [0.15, 0.2) is 0 Å². The van der Waals surface area contributed by atoms with Gasteiger partial charge in [0.2, 0.25) is 0 Å². The average Bonchev–Trinajstić information content (AvgIpc) is 2.54. The third-order valence-corrected chi connectivity index (χ3v) is 4.59. The summed E-state index contributed by atoms with van der Waals surface area (Å²) in [5.74, 6) is 0.829. The molecule has 0 aromatic heterocycles. The smallest absolute Gasteiger partial charge is 0.0810 e. The molecule has 0 spiro atoms. The maximum absolute atomic E-state index is 6.03. The first kappa shape index (κ1) is 12.4. The van der Waals surface area contributed by atoms with E-state index in [1.54, 1.807) is 0 Å². The normalized spacial score (nSPS) is 34.9. The zero-order valence-corrected chi connectivity index (χ0v) is 10.9. The minimum Gasteiger partial charge on any atom is -0.374 e. The summed E-state index contributed by atoms with van der Waals surface area (Å²) < 4.78 is 6.03. The molecule has 2 rings (SSSR count). The Bertz CT molecular complexity index is 203. The molecule has 94 valence electrons. The van der Waals surface area contributed by atoms with Crippen LogP contribution in [0.2, 0.25) is 0 Å². The van der Waals surface area contributed by atoms with Crippen molar-refractivity contribution in [1.82, 2.24) is 5.32 Å². The van der Waals surface area contributed by atoms with Crippen LogP contribution >= 0.6 is 0 Å². The van der Waals surface area contributed by atoms with Crippen molar-refractivity contribution >= 4 is 0 Å². The van der Waals surface area contributed by atoms with Crippen LogP contribution < -0.4 is 5.32 Å². The van der Waals surface area contributed by atoms with E-state index in [1.165, 1.54) is 51.4 Å². The molecule has 1 saturated carbocycles. The largest absolute Gasteiger partial charge is 0.374 e. The van der Waals surface area contributed by atoms with Crippen LogP contribution in [-0.2, 0) is 4.74 Å². The Kier molecular flexibility index (Phi) is 4.26. The summed E-state index contributed by atoms with van der Waals surface area (Å²) in [5.41, 5.74) is 0.101. The summed E-state index contributed by atoms with van der Waals surface area (Å²) in [7, 11) is 2.11. The van der Waals surface area contributed by atoms with Gasteiger partial charge in [0.05, 0.1) is 5.60 Å². The average molecular weight is 225 g/mol. The second-order valence-electron chi connectivity index (χ2n) is 5.78. The van der Waals surface area contributed by atoms with Gasteiger partial charge in [-0.2, -0.15) is 0 Å². The molecular formula is C14H27NO. The second-order valence-corrected chi connectivity index (χ2v) is 5.78. The van der Waals surface area contributed by atoms with Crippen molar-refractivity contribution < 1.29 is 4.74 Å². The first-order chi connectivity index (χ1) is 7.76. The fraction of sp³-hybridized carbons (Fsp3) is 1.00. The van der Waals surface area contributed by atoms with Crippen molar-refractivity contribution in [2.24, 2.45) is 5.92 Å². The van der Waals surface area contributed by atoms with Gasteiger partial charge in [-0.3, -0.25) is 0 Å². The lowest BCUT2D eigenvalue weighted by atomic mass is 9.80.